The SMILES string of the molecule is CCc1ccc(OCC(=O)Nc2nncs2)cc1. The van der Waals surface area contributed by atoms with Crippen LogP contribution in [0.2, 0.25) is 0 Å². The van der Waals surface area contributed by atoms with Gasteiger partial charge in [-0.1, -0.05) is 30.4 Å². The van der Waals surface area contributed by atoms with E-state index in [-0.39, 0.29) is 12.5 Å². The summed E-state index contributed by atoms with van der Waals surface area (Å²) in [5.74, 6) is 0.436. The van der Waals surface area contributed by atoms with E-state index in [4.69, 9.17) is 4.74 Å². The van der Waals surface area contributed by atoms with Crippen LogP contribution in [0.5, 0.6) is 5.75 Å². The Hall–Kier alpha value is -1.95. The van der Waals surface area contributed by atoms with Gasteiger partial charge in [0.1, 0.15) is 11.3 Å². The van der Waals surface area contributed by atoms with Gasteiger partial charge < -0.3 is 4.74 Å². The maximum atomic E-state index is 11.5. The Balaban J connectivity index is 1.81. The van der Waals surface area contributed by atoms with Gasteiger partial charge in [-0.05, 0) is 24.1 Å². The predicted molar refractivity (Wildman–Crippen MR) is 69.9 cm³/mol. The Morgan fingerprint density at radius 2 is 2.17 bits per heavy atom. The van der Waals surface area contributed by atoms with Crippen molar-refractivity contribution in [3.05, 3.63) is 35.3 Å². The monoisotopic (exact) mass is 263 g/mol. The van der Waals surface area contributed by atoms with Gasteiger partial charge in [-0.2, -0.15) is 0 Å². The first kappa shape index (κ1) is 12.5. The standard InChI is InChI=1S/C12H13N3O2S/c1-2-9-3-5-10(6-4-9)17-7-11(16)14-12-15-13-8-18-12/h3-6,8H,2,7H2,1H3,(H,14,15,16). The highest BCUT2D eigenvalue weighted by atomic mass is 32.1. The van der Waals surface area contributed by atoms with Gasteiger partial charge in [0.2, 0.25) is 5.13 Å². The van der Waals surface area contributed by atoms with E-state index < -0.39 is 0 Å². The van der Waals surface area contributed by atoms with Gasteiger partial charge in [0.25, 0.3) is 5.91 Å². The number of carbonyl (C=O) groups excluding carboxylic acids is 1. The molecule has 1 aromatic heterocycles. The minimum atomic E-state index is -0.244. The average Bonchev–Trinajstić information content (AvgIpc) is 2.90. The van der Waals surface area contributed by atoms with Crippen molar-refractivity contribution >= 4 is 22.4 Å². The van der Waals surface area contributed by atoms with Crippen molar-refractivity contribution in [3.63, 3.8) is 0 Å². The first-order valence-corrected chi connectivity index (χ1v) is 6.43. The number of hydrogen-bond acceptors (Lipinski definition) is 5. The van der Waals surface area contributed by atoms with Crippen LogP contribution in [0.4, 0.5) is 5.13 Å². The summed E-state index contributed by atoms with van der Waals surface area (Å²) in [6, 6.07) is 7.68. The van der Waals surface area contributed by atoms with Gasteiger partial charge in [-0.25, -0.2) is 0 Å². The summed E-state index contributed by atoms with van der Waals surface area (Å²) in [4.78, 5) is 11.5. The molecule has 1 amide bonds. The van der Waals surface area contributed by atoms with Crippen LogP contribution in [0, 0.1) is 0 Å². The highest BCUT2D eigenvalue weighted by molar-refractivity contribution is 7.13. The van der Waals surface area contributed by atoms with Gasteiger partial charge in [-0.3, -0.25) is 10.1 Å². The fourth-order valence-corrected chi connectivity index (χ4v) is 1.81. The summed E-state index contributed by atoms with van der Waals surface area (Å²) < 4.78 is 5.36. The van der Waals surface area contributed by atoms with E-state index >= 15 is 0 Å². The largest absolute Gasteiger partial charge is 0.484 e. The highest BCUT2D eigenvalue weighted by Crippen LogP contribution is 2.13. The normalized spacial score (nSPS) is 10.1. The Morgan fingerprint density at radius 1 is 1.39 bits per heavy atom. The zero-order chi connectivity index (χ0) is 12.8. The predicted octanol–water partition coefficient (Wildman–Crippen LogP) is 2.12. The number of aromatic nitrogens is 2. The van der Waals surface area contributed by atoms with Crippen LogP contribution in [0.15, 0.2) is 29.8 Å². The molecule has 94 valence electrons. The van der Waals surface area contributed by atoms with E-state index in [1.54, 1.807) is 5.51 Å². The molecule has 0 saturated carbocycles. The third-order valence-corrected chi connectivity index (χ3v) is 2.91. The van der Waals surface area contributed by atoms with Crippen LogP contribution in [-0.2, 0) is 11.2 Å². The summed E-state index contributed by atoms with van der Waals surface area (Å²) >= 11 is 1.27. The van der Waals surface area contributed by atoms with Crippen LogP contribution in [0.1, 0.15) is 12.5 Å². The molecule has 0 saturated heterocycles. The van der Waals surface area contributed by atoms with Crippen molar-refractivity contribution in [1.82, 2.24) is 10.2 Å². The molecular weight excluding hydrogens is 250 g/mol. The number of carbonyl (C=O) groups is 1. The molecule has 0 aliphatic heterocycles. The molecule has 0 unspecified atom stereocenters. The Morgan fingerprint density at radius 3 is 2.78 bits per heavy atom. The van der Waals surface area contributed by atoms with E-state index in [0.29, 0.717) is 10.9 Å². The van der Waals surface area contributed by atoms with Crippen molar-refractivity contribution in [2.45, 2.75) is 13.3 Å². The van der Waals surface area contributed by atoms with Crippen molar-refractivity contribution < 1.29 is 9.53 Å². The number of amides is 1. The Labute approximate surface area is 109 Å². The Kier molecular flexibility index (Phi) is 4.25. The molecule has 0 aliphatic carbocycles. The van der Waals surface area contributed by atoms with E-state index in [0.717, 1.165) is 6.42 Å². The van der Waals surface area contributed by atoms with E-state index in [2.05, 4.69) is 22.4 Å². The van der Waals surface area contributed by atoms with Gasteiger partial charge in [-0.15, -0.1) is 10.2 Å². The second-order valence-corrected chi connectivity index (χ2v) is 4.41. The number of nitrogens with zero attached hydrogens (tertiary/aromatic N) is 2. The molecule has 5 nitrogen and oxygen atoms in total. The summed E-state index contributed by atoms with van der Waals surface area (Å²) in [6.07, 6.45) is 0.984. The van der Waals surface area contributed by atoms with Gasteiger partial charge in [0.05, 0.1) is 0 Å². The van der Waals surface area contributed by atoms with Crippen LogP contribution in [0.25, 0.3) is 0 Å². The smallest absolute Gasteiger partial charge is 0.264 e. The van der Waals surface area contributed by atoms with Crippen LogP contribution < -0.4 is 10.1 Å². The second-order valence-electron chi connectivity index (χ2n) is 3.58. The molecule has 1 aromatic carbocycles. The molecule has 0 atom stereocenters. The molecule has 0 fully saturated rings. The Bertz CT molecular complexity index is 497. The third-order valence-electron chi connectivity index (χ3n) is 2.31. The first-order valence-electron chi connectivity index (χ1n) is 5.55. The number of nitrogens with one attached hydrogen (secondary N) is 1. The lowest BCUT2D eigenvalue weighted by Crippen LogP contribution is -2.20. The van der Waals surface area contributed by atoms with Gasteiger partial charge in [0, 0.05) is 0 Å². The molecule has 0 aliphatic rings. The van der Waals surface area contributed by atoms with Crippen molar-refractivity contribution in [2.75, 3.05) is 11.9 Å². The molecule has 1 N–H and O–H groups in total. The summed E-state index contributed by atoms with van der Waals surface area (Å²) in [5.41, 5.74) is 2.79. The summed E-state index contributed by atoms with van der Waals surface area (Å²) in [6.45, 7) is 2.05. The fourth-order valence-electron chi connectivity index (χ4n) is 1.35. The van der Waals surface area contributed by atoms with Crippen molar-refractivity contribution in [2.24, 2.45) is 0 Å². The molecule has 2 rings (SSSR count). The van der Waals surface area contributed by atoms with Crippen molar-refractivity contribution in [1.29, 1.82) is 0 Å². The molecule has 0 spiro atoms. The molecule has 0 bridgehead atoms. The first-order chi connectivity index (χ1) is 8.78. The van der Waals surface area contributed by atoms with Gasteiger partial charge >= 0.3 is 0 Å². The molecule has 0 radical (unpaired) electrons. The zero-order valence-electron chi connectivity index (χ0n) is 9.92. The number of ether oxygens (including phenoxy) is 1. The second kappa shape index (κ2) is 6.11. The van der Waals surface area contributed by atoms with E-state index in [9.17, 15) is 4.79 Å². The number of rotatable bonds is 5. The van der Waals surface area contributed by atoms with Crippen molar-refractivity contribution in [3.8, 4) is 5.75 Å². The van der Waals surface area contributed by atoms with Gasteiger partial charge in [0.15, 0.2) is 6.61 Å². The fraction of sp³-hybridized carbons (Fsp3) is 0.250. The van der Waals surface area contributed by atoms with E-state index in [1.165, 1.54) is 16.9 Å². The maximum absolute atomic E-state index is 11.5. The molecule has 6 heteroatoms. The summed E-state index contributed by atoms with van der Waals surface area (Å²) in [7, 11) is 0. The van der Waals surface area contributed by atoms with Crippen LogP contribution >= 0.6 is 11.3 Å². The summed E-state index contributed by atoms with van der Waals surface area (Å²) in [5, 5.41) is 10.4. The van der Waals surface area contributed by atoms with E-state index in [1.807, 2.05) is 24.3 Å². The molecule has 1 heterocycles. The molecule has 18 heavy (non-hydrogen) atoms. The topological polar surface area (TPSA) is 64.1 Å². The number of aryl methyl sites for hydroxylation is 1. The quantitative estimate of drug-likeness (QED) is 0.897. The lowest BCUT2D eigenvalue weighted by molar-refractivity contribution is -0.118. The molecular formula is C12H13N3O2S. The minimum absolute atomic E-state index is 0.0367. The minimum Gasteiger partial charge on any atom is -0.484 e. The lowest BCUT2D eigenvalue weighted by atomic mass is 10.2. The lowest BCUT2D eigenvalue weighted by Gasteiger charge is -2.06. The number of benzene rings is 1. The van der Waals surface area contributed by atoms with Crippen LogP contribution in [0.3, 0.4) is 0 Å². The highest BCUT2D eigenvalue weighted by Gasteiger charge is 2.05. The maximum Gasteiger partial charge on any atom is 0.264 e. The zero-order valence-corrected chi connectivity index (χ0v) is 10.7. The molecule has 2 aromatic rings. The van der Waals surface area contributed by atoms with Crippen LogP contribution in [-0.4, -0.2) is 22.7 Å². The number of hydrogen-bond donors (Lipinski definition) is 1. The number of anilines is 1. The third kappa shape index (κ3) is 3.53. The average molecular weight is 263 g/mol.